The van der Waals surface area contributed by atoms with Crippen molar-refractivity contribution < 1.29 is 9.53 Å². The molecule has 3 N–H and O–H groups in total. The number of rotatable bonds is 4. The molecular weight excluding hydrogens is 262 g/mol. The predicted molar refractivity (Wildman–Crippen MR) is 75.4 cm³/mol. The van der Waals surface area contributed by atoms with Gasteiger partial charge in [-0.1, -0.05) is 0 Å². The number of amides is 1. The number of ether oxygens (including phenoxy) is 1. The second kappa shape index (κ2) is 5.71. The summed E-state index contributed by atoms with van der Waals surface area (Å²) in [4.78, 5) is 17.2. The van der Waals surface area contributed by atoms with Gasteiger partial charge in [0.25, 0.3) is 5.91 Å². The predicted octanol–water partition coefficient (Wildman–Crippen LogP) is 1.97. The molecule has 1 amide bonds. The summed E-state index contributed by atoms with van der Waals surface area (Å²) in [5.74, 6) is 0.387. The van der Waals surface area contributed by atoms with Gasteiger partial charge in [-0.3, -0.25) is 4.79 Å². The van der Waals surface area contributed by atoms with Crippen LogP contribution in [-0.2, 0) is 6.54 Å². The van der Waals surface area contributed by atoms with Crippen molar-refractivity contribution in [1.82, 2.24) is 10.3 Å². The quantitative estimate of drug-likeness (QED) is 0.838. The molecule has 0 saturated carbocycles. The molecule has 0 saturated heterocycles. The Bertz CT molecular complexity index is 595. The number of aromatic nitrogens is 1. The van der Waals surface area contributed by atoms with Crippen molar-refractivity contribution in [3.63, 3.8) is 0 Å². The zero-order valence-electron chi connectivity index (χ0n) is 10.8. The number of nitrogens with one attached hydrogen (secondary N) is 1. The minimum atomic E-state index is -0.182. The van der Waals surface area contributed by atoms with Crippen molar-refractivity contribution in [1.29, 1.82) is 0 Å². The van der Waals surface area contributed by atoms with E-state index in [0.29, 0.717) is 23.5 Å². The van der Waals surface area contributed by atoms with Crippen LogP contribution in [0.25, 0.3) is 0 Å². The van der Waals surface area contributed by atoms with Crippen molar-refractivity contribution in [2.24, 2.45) is 0 Å². The van der Waals surface area contributed by atoms with Crippen LogP contribution in [0.15, 0.2) is 23.7 Å². The number of thiazole rings is 1. The molecule has 0 bridgehead atoms. The van der Waals surface area contributed by atoms with Crippen LogP contribution in [0.5, 0.6) is 5.75 Å². The highest BCUT2D eigenvalue weighted by Gasteiger charge is 2.09. The molecule has 1 aromatic carbocycles. The van der Waals surface area contributed by atoms with Gasteiger partial charge < -0.3 is 15.8 Å². The van der Waals surface area contributed by atoms with Crippen molar-refractivity contribution in [2.75, 3.05) is 12.8 Å². The van der Waals surface area contributed by atoms with E-state index < -0.39 is 0 Å². The molecule has 1 aromatic heterocycles. The van der Waals surface area contributed by atoms with Crippen molar-refractivity contribution in [2.45, 2.75) is 13.5 Å². The molecular formula is C13H15N3O2S. The molecule has 2 rings (SSSR count). The zero-order valence-corrected chi connectivity index (χ0v) is 11.6. The minimum absolute atomic E-state index is 0.182. The summed E-state index contributed by atoms with van der Waals surface area (Å²) >= 11 is 1.52. The van der Waals surface area contributed by atoms with Gasteiger partial charge in [0.15, 0.2) is 0 Å². The molecule has 0 unspecified atom stereocenters. The molecule has 2 aromatic rings. The summed E-state index contributed by atoms with van der Waals surface area (Å²) in [6.45, 7) is 2.38. The summed E-state index contributed by atoms with van der Waals surface area (Å²) in [5.41, 5.74) is 9.41. The van der Waals surface area contributed by atoms with Crippen molar-refractivity contribution >= 4 is 22.9 Å². The van der Waals surface area contributed by atoms with Crippen LogP contribution in [0.3, 0.4) is 0 Å². The molecule has 1 heterocycles. The topological polar surface area (TPSA) is 77.2 Å². The van der Waals surface area contributed by atoms with E-state index in [1.165, 1.54) is 18.4 Å². The second-order valence-corrected chi connectivity index (χ2v) is 4.98. The number of hydrogen-bond donors (Lipinski definition) is 2. The molecule has 0 radical (unpaired) electrons. The molecule has 100 valence electrons. The van der Waals surface area contributed by atoms with Gasteiger partial charge in [-0.15, -0.1) is 11.3 Å². The van der Waals surface area contributed by atoms with Crippen LogP contribution in [0.4, 0.5) is 5.69 Å². The number of benzene rings is 1. The van der Waals surface area contributed by atoms with Crippen LogP contribution in [0.2, 0.25) is 0 Å². The highest BCUT2D eigenvalue weighted by Crippen LogP contribution is 2.18. The smallest absolute Gasteiger partial charge is 0.251 e. The third-order valence-electron chi connectivity index (χ3n) is 2.68. The number of methoxy groups -OCH3 is 1. The van der Waals surface area contributed by atoms with Gasteiger partial charge >= 0.3 is 0 Å². The van der Waals surface area contributed by atoms with E-state index in [-0.39, 0.29) is 5.91 Å². The van der Waals surface area contributed by atoms with E-state index in [1.807, 2.05) is 6.92 Å². The number of carbonyl (C=O) groups excluding carboxylic acids is 1. The Hall–Kier alpha value is -2.08. The molecule has 0 aliphatic rings. The van der Waals surface area contributed by atoms with Crippen molar-refractivity contribution in [3.8, 4) is 5.75 Å². The number of hydrogen-bond acceptors (Lipinski definition) is 5. The Morgan fingerprint density at radius 1 is 1.47 bits per heavy atom. The standard InChI is InChI=1S/C13H15N3O2S/c1-8-12(19-7-16-8)6-15-13(17)9-3-10(14)5-11(4-9)18-2/h3-5,7H,6,14H2,1-2H3,(H,15,17). The Morgan fingerprint density at radius 2 is 2.26 bits per heavy atom. The average Bonchev–Trinajstić information content (AvgIpc) is 2.80. The van der Waals surface area contributed by atoms with E-state index in [9.17, 15) is 4.79 Å². The lowest BCUT2D eigenvalue weighted by Gasteiger charge is -2.07. The second-order valence-electron chi connectivity index (χ2n) is 4.04. The summed E-state index contributed by atoms with van der Waals surface area (Å²) in [6.07, 6.45) is 0. The molecule has 0 aliphatic carbocycles. The highest BCUT2D eigenvalue weighted by atomic mass is 32.1. The molecule has 0 atom stereocenters. The monoisotopic (exact) mass is 277 g/mol. The summed E-state index contributed by atoms with van der Waals surface area (Å²) in [5, 5.41) is 2.84. The van der Waals surface area contributed by atoms with Gasteiger partial charge in [0.05, 0.1) is 24.9 Å². The number of nitrogen functional groups attached to an aromatic ring is 1. The average molecular weight is 277 g/mol. The number of carbonyl (C=O) groups is 1. The Kier molecular flexibility index (Phi) is 4.01. The van der Waals surface area contributed by atoms with Gasteiger partial charge in [-0.25, -0.2) is 4.98 Å². The lowest BCUT2D eigenvalue weighted by molar-refractivity contribution is 0.0951. The fourth-order valence-corrected chi connectivity index (χ4v) is 2.35. The fraction of sp³-hybridized carbons (Fsp3) is 0.231. The minimum Gasteiger partial charge on any atom is -0.497 e. The maximum atomic E-state index is 12.0. The van der Waals surface area contributed by atoms with Gasteiger partial charge in [-0.2, -0.15) is 0 Å². The van der Waals surface area contributed by atoms with E-state index in [4.69, 9.17) is 10.5 Å². The van der Waals surface area contributed by atoms with E-state index in [0.717, 1.165) is 10.6 Å². The van der Waals surface area contributed by atoms with Crippen molar-refractivity contribution in [3.05, 3.63) is 39.8 Å². The van der Waals surface area contributed by atoms with Crippen LogP contribution < -0.4 is 15.8 Å². The zero-order chi connectivity index (χ0) is 13.8. The Balaban J connectivity index is 2.08. The summed E-state index contributed by atoms with van der Waals surface area (Å²) in [7, 11) is 1.54. The SMILES string of the molecule is COc1cc(N)cc(C(=O)NCc2scnc2C)c1. The number of nitrogens with zero attached hydrogens (tertiary/aromatic N) is 1. The molecule has 0 aliphatic heterocycles. The van der Waals surface area contributed by atoms with Gasteiger partial charge in [-0.05, 0) is 19.1 Å². The lowest BCUT2D eigenvalue weighted by Crippen LogP contribution is -2.22. The van der Waals surface area contributed by atoms with E-state index >= 15 is 0 Å². The molecule has 5 nitrogen and oxygen atoms in total. The van der Waals surface area contributed by atoms with Gasteiger partial charge in [0, 0.05) is 22.2 Å². The Morgan fingerprint density at radius 3 is 2.89 bits per heavy atom. The largest absolute Gasteiger partial charge is 0.497 e. The first-order chi connectivity index (χ1) is 9.10. The maximum absolute atomic E-state index is 12.0. The molecule has 0 fully saturated rings. The van der Waals surface area contributed by atoms with Crippen LogP contribution in [0, 0.1) is 6.92 Å². The van der Waals surface area contributed by atoms with Gasteiger partial charge in [0.1, 0.15) is 5.75 Å². The highest BCUT2D eigenvalue weighted by molar-refractivity contribution is 7.09. The maximum Gasteiger partial charge on any atom is 0.251 e. The first kappa shape index (κ1) is 13.4. The number of anilines is 1. The molecule has 19 heavy (non-hydrogen) atoms. The van der Waals surface area contributed by atoms with Crippen LogP contribution in [-0.4, -0.2) is 18.0 Å². The summed E-state index contributed by atoms with van der Waals surface area (Å²) in [6, 6.07) is 4.95. The lowest BCUT2D eigenvalue weighted by atomic mass is 10.1. The summed E-state index contributed by atoms with van der Waals surface area (Å²) < 4.78 is 5.09. The molecule has 0 spiro atoms. The third-order valence-corrected chi connectivity index (χ3v) is 3.62. The first-order valence-corrected chi connectivity index (χ1v) is 6.60. The molecule has 6 heteroatoms. The number of aryl methyl sites for hydroxylation is 1. The Labute approximate surface area is 115 Å². The first-order valence-electron chi connectivity index (χ1n) is 5.72. The fourth-order valence-electron chi connectivity index (χ4n) is 1.63. The van der Waals surface area contributed by atoms with Gasteiger partial charge in [0.2, 0.25) is 0 Å². The third kappa shape index (κ3) is 3.23. The number of nitrogens with two attached hydrogens (primary N) is 1. The van der Waals surface area contributed by atoms with E-state index in [2.05, 4.69) is 10.3 Å². The van der Waals surface area contributed by atoms with E-state index in [1.54, 1.807) is 23.7 Å². The van der Waals surface area contributed by atoms with Crippen LogP contribution >= 0.6 is 11.3 Å². The van der Waals surface area contributed by atoms with Crippen LogP contribution in [0.1, 0.15) is 20.9 Å². The normalized spacial score (nSPS) is 10.2.